The Kier molecular flexibility index (Phi) is 5.21. The van der Waals surface area contributed by atoms with Crippen LogP contribution in [-0.2, 0) is 4.74 Å². The average Bonchev–Trinajstić information content (AvgIpc) is 3.09. The van der Waals surface area contributed by atoms with Crippen LogP contribution in [0, 0.1) is 0 Å². The second-order valence-electron chi connectivity index (χ2n) is 5.26. The minimum atomic E-state index is 0.237. The van der Waals surface area contributed by atoms with E-state index in [9.17, 15) is 0 Å². The molecule has 1 aromatic heterocycles. The fourth-order valence-corrected chi connectivity index (χ4v) is 2.40. The van der Waals surface area contributed by atoms with Gasteiger partial charge in [-0.05, 0) is 44.0 Å². The summed E-state index contributed by atoms with van der Waals surface area (Å²) in [5.41, 5.74) is 0.916. The fraction of sp³-hybridized carbons (Fsp3) is 0.438. The maximum absolute atomic E-state index is 5.57. The molecule has 3 rings (SSSR count). The van der Waals surface area contributed by atoms with Gasteiger partial charge in [0, 0.05) is 18.8 Å². The first kappa shape index (κ1) is 15.5. The average molecular weight is 315 g/mol. The van der Waals surface area contributed by atoms with E-state index in [0.717, 1.165) is 30.9 Å². The summed E-state index contributed by atoms with van der Waals surface area (Å²) in [7, 11) is 0. The number of benzene rings is 1. The molecule has 7 nitrogen and oxygen atoms in total. The molecule has 0 bridgehead atoms. The Labute approximate surface area is 135 Å². The van der Waals surface area contributed by atoms with E-state index >= 15 is 0 Å². The van der Waals surface area contributed by atoms with Crippen LogP contribution in [0.1, 0.15) is 19.8 Å². The van der Waals surface area contributed by atoms with Crippen molar-refractivity contribution < 1.29 is 9.47 Å². The topological polar surface area (TPSA) is 81.2 Å². The highest BCUT2D eigenvalue weighted by molar-refractivity contribution is 5.57. The highest BCUT2D eigenvalue weighted by Crippen LogP contribution is 2.19. The molecule has 23 heavy (non-hydrogen) atoms. The third-order valence-electron chi connectivity index (χ3n) is 3.51. The van der Waals surface area contributed by atoms with Gasteiger partial charge in [0.2, 0.25) is 5.95 Å². The van der Waals surface area contributed by atoms with Crippen molar-refractivity contribution in [3.8, 4) is 5.75 Å². The van der Waals surface area contributed by atoms with Crippen molar-refractivity contribution in [2.24, 2.45) is 0 Å². The third kappa shape index (κ3) is 4.53. The monoisotopic (exact) mass is 315 g/mol. The first-order valence-electron chi connectivity index (χ1n) is 7.88. The van der Waals surface area contributed by atoms with E-state index in [1.54, 1.807) is 6.20 Å². The minimum absolute atomic E-state index is 0.237. The lowest BCUT2D eigenvalue weighted by Gasteiger charge is -2.11. The van der Waals surface area contributed by atoms with Gasteiger partial charge >= 0.3 is 0 Å². The lowest BCUT2D eigenvalue weighted by Crippen LogP contribution is -2.20. The number of anilines is 3. The van der Waals surface area contributed by atoms with Crippen molar-refractivity contribution in [2.75, 3.05) is 30.4 Å². The van der Waals surface area contributed by atoms with Gasteiger partial charge in [0.15, 0.2) is 5.82 Å². The Morgan fingerprint density at radius 3 is 2.91 bits per heavy atom. The Morgan fingerprint density at radius 1 is 1.30 bits per heavy atom. The molecule has 2 heterocycles. The molecule has 1 atom stereocenters. The van der Waals surface area contributed by atoms with Crippen molar-refractivity contribution in [2.45, 2.75) is 25.9 Å². The first-order valence-corrected chi connectivity index (χ1v) is 7.88. The zero-order valence-electron chi connectivity index (χ0n) is 13.2. The molecule has 1 fully saturated rings. The number of nitrogens with one attached hydrogen (secondary N) is 2. The molecule has 0 spiro atoms. The van der Waals surface area contributed by atoms with E-state index < -0.39 is 0 Å². The Hall–Kier alpha value is -2.41. The van der Waals surface area contributed by atoms with Crippen LogP contribution in [0.25, 0.3) is 0 Å². The fourth-order valence-electron chi connectivity index (χ4n) is 2.40. The van der Waals surface area contributed by atoms with Crippen LogP contribution in [-0.4, -0.2) is 41.0 Å². The molecule has 0 amide bonds. The summed E-state index contributed by atoms with van der Waals surface area (Å²) < 4.78 is 11.0. The summed E-state index contributed by atoms with van der Waals surface area (Å²) >= 11 is 0. The number of ether oxygens (including phenoxy) is 2. The Morgan fingerprint density at radius 2 is 2.17 bits per heavy atom. The SMILES string of the molecule is CCOc1ccc(Nc2cnnc(NCC3CCCO3)n2)cc1. The van der Waals surface area contributed by atoms with E-state index in [-0.39, 0.29) is 6.10 Å². The molecule has 0 aliphatic carbocycles. The zero-order valence-corrected chi connectivity index (χ0v) is 13.2. The third-order valence-corrected chi connectivity index (χ3v) is 3.51. The largest absolute Gasteiger partial charge is 0.494 e. The molecule has 0 radical (unpaired) electrons. The van der Waals surface area contributed by atoms with Crippen LogP contribution >= 0.6 is 0 Å². The predicted molar refractivity (Wildman–Crippen MR) is 88.2 cm³/mol. The number of rotatable bonds is 7. The maximum atomic E-state index is 5.57. The Balaban J connectivity index is 1.57. The van der Waals surface area contributed by atoms with Crippen molar-refractivity contribution in [3.05, 3.63) is 30.5 Å². The smallest absolute Gasteiger partial charge is 0.244 e. The summed E-state index contributed by atoms with van der Waals surface area (Å²) in [5.74, 6) is 1.98. The van der Waals surface area contributed by atoms with Crippen LogP contribution in [0.3, 0.4) is 0 Å². The lowest BCUT2D eigenvalue weighted by atomic mass is 10.2. The van der Waals surface area contributed by atoms with E-state index in [2.05, 4.69) is 25.8 Å². The second kappa shape index (κ2) is 7.73. The van der Waals surface area contributed by atoms with Crippen molar-refractivity contribution >= 4 is 17.5 Å². The van der Waals surface area contributed by atoms with Gasteiger partial charge in [0.1, 0.15) is 5.75 Å². The normalized spacial score (nSPS) is 17.0. The Bertz CT molecular complexity index is 614. The van der Waals surface area contributed by atoms with Crippen molar-refractivity contribution in [1.29, 1.82) is 0 Å². The van der Waals surface area contributed by atoms with Crippen molar-refractivity contribution in [1.82, 2.24) is 15.2 Å². The van der Waals surface area contributed by atoms with E-state index in [0.29, 0.717) is 24.9 Å². The highest BCUT2D eigenvalue weighted by atomic mass is 16.5. The molecular weight excluding hydrogens is 294 g/mol. The highest BCUT2D eigenvalue weighted by Gasteiger charge is 2.15. The molecule has 0 saturated carbocycles. The minimum Gasteiger partial charge on any atom is -0.494 e. The molecule has 1 saturated heterocycles. The molecule has 1 aliphatic rings. The second-order valence-corrected chi connectivity index (χ2v) is 5.26. The maximum Gasteiger partial charge on any atom is 0.244 e. The van der Waals surface area contributed by atoms with Gasteiger partial charge in [0.05, 0.1) is 18.9 Å². The number of hydrogen-bond donors (Lipinski definition) is 2. The van der Waals surface area contributed by atoms with Gasteiger partial charge in [0.25, 0.3) is 0 Å². The summed E-state index contributed by atoms with van der Waals surface area (Å²) in [6, 6.07) is 7.70. The molecule has 2 N–H and O–H groups in total. The van der Waals surface area contributed by atoms with Crippen molar-refractivity contribution in [3.63, 3.8) is 0 Å². The van der Waals surface area contributed by atoms with Gasteiger partial charge in [-0.15, -0.1) is 5.10 Å². The molecule has 2 aromatic rings. The van der Waals surface area contributed by atoms with E-state index in [1.807, 2.05) is 31.2 Å². The molecule has 1 aliphatic heterocycles. The van der Waals surface area contributed by atoms with Gasteiger partial charge in [-0.3, -0.25) is 0 Å². The quantitative estimate of drug-likeness (QED) is 0.812. The molecule has 7 heteroatoms. The standard InChI is InChI=1S/C16H21N5O2/c1-2-22-13-7-5-12(6-8-13)19-15-11-18-21-16(20-15)17-10-14-4-3-9-23-14/h5-8,11,14H,2-4,9-10H2,1H3,(H2,17,19,20,21). The van der Waals surface area contributed by atoms with Crippen LogP contribution in [0.5, 0.6) is 5.75 Å². The summed E-state index contributed by atoms with van der Waals surface area (Å²) in [5, 5.41) is 14.3. The first-order chi connectivity index (χ1) is 11.3. The van der Waals surface area contributed by atoms with Crippen LogP contribution in [0.15, 0.2) is 30.5 Å². The summed E-state index contributed by atoms with van der Waals surface area (Å²) in [6.07, 6.45) is 4.02. The molecular formula is C16H21N5O2. The number of hydrogen-bond acceptors (Lipinski definition) is 7. The number of aromatic nitrogens is 3. The predicted octanol–water partition coefficient (Wildman–Crippen LogP) is 2.60. The van der Waals surface area contributed by atoms with Gasteiger partial charge in [-0.25, -0.2) is 0 Å². The molecule has 1 aromatic carbocycles. The van der Waals surface area contributed by atoms with Crippen LogP contribution in [0.4, 0.5) is 17.5 Å². The summed E-state index contributed by atoms with van der Waals surface area (Å²) in [4.78, 5) is 4.41. The van der Waals surface area contributed by atoms with E-state index in [1.165, 1.54) is 0 Å². The van der Waals surface area contributed by atoms with Crippen LogP contribution in [0.2, 0.25) is 0 Å². The summed E-state index contributed by atoms with van der Waals surface area (Å²) in [6.45, 7) is 4.16. The molecule has 1 unspecified atom stereocenters. The van der Waals surface area contributed by atoms with E-state index in [4.69, 9.17) is 9.47 Å². The molecule has 122 valence electrons. The van der Waals surface area contributed by atoms with Gasteiger partial charge in [-0.2, -0.15) is 10.1 Å². The lowest BCUT2D eigenvalue weighted by molar-refractivity contribution is 0.120. The van der Waals surface area contributed by atoms with Gasteiger partial charge < -0.3 is 20.1 Å². The zero-order chi connectivity index (χ0) is 15.9. The van der Waals surface area contributed by atoms with Crippen LogP contribution < -0.4 is 15.4 Å². The number of nitrogens with zero attached hydrogens (tertiary/aromatic N) is 3. The van der Waals surface area contributed by atoms with Gasteiger partial charge in [-0.1, -0.05) is 0 Å².